The molecule has 0 aliphatic heterocycles. The Hall–Kier alpha value is -2.34. The molecule has 0 heterocycles. The van der Waals surface area contributed by atoms with E-state index in [0.717, 1.165) is 12.1 Å². The normalized spacial score (nSPS) is 10.3. The van der Waals surface area contributed by atoms with Crippen LogP contribution in [-0.2, 0) is 6.54 Å². The predicted octanol–water partition coefficient (Wildman–Crippen LogP) is 3.71. The first-order chi connectivity index (χ1) is 9.49. The molecule has 2 aromatic carbocycles. The minimum Gasteiger partial charge on any atom is -0.508 e. The van der Waals surface area contributed by atoms with E-state index in [1.807, 2.05) is 0 Å². The van der Waals surface area contributed by atoms with Crippen LogP contribution in [0.4, 0.5) is 15.8 Å². The molecule has 0 amide bonds. The quantitative estimate of drug-likeness (QED) is 0.666. The van der Waals surface area contributed by atoms with Gasteiger partial charge in [-0.2, -0.15) is 0 Å². The molecule has 2 N–H and O–H groups in total. The van der Waals surface area contributed by atoms with Gasteiger partial charge in [0.1, 0.15) is 17.3 Å². The van der Waals surface area contributed by atoms with E-state index in [1.165, 1.54) is 6.07 Å². The molecule has 7 heteroatoms. The van der Waals surface area contributed by atoms with Crippen molar-refractivity contribution in [3.05, 3.63) is 62.9 Å². The van der Waals surface area contributed by atoms with Crippen molar-refractivity contribution in [3.63, 3.8) is 0 Å². The lowest BCUT2D eigenvalue weighted by molar-refractivity contribution is -0.384. The Morgan fingerprint density at radius 2 is 2.05 bits per heavy atom. The Morgan fingerprint density at radius 3 is 2.70 bits per heavy atom. The largest absolute Gasteiger partial charge is 0.508 e. The molecule has 0 aliphatic carbocycles. The van der Waals surface area contributed by atoms with Crippen LogP contribution in [0.15, 0.2) is 36.4 Å². The molecule has 0 bridgehead atoms. The van der Waals surface area contributed by atoms with Crippen LogP contribution in [0, 0.1) is 15.9 Å². The molecule has 104 valence electrons. The van der Waals surface area contributed by atoms with Crippen molar-refractivity contribution in [1.82, 2.24) is 0 Å². The van der Waals surface area contributed by atoms with Crippen LogP contribution in [-0.4, -0.2) is 10.0 Å². The summed E-state index contributed by atoms with van der Waals surface area (Å²) in [6.45, 7) is 0.148. The van der Waals surface area contributed by atoms with Gasteiger partial charge in [0.05, 0.1) is 16.0 Å². The van der Waals surface area contributed by atoms with E-state index in [2.05, 4.69) is 5.32 Å². The molecule has 2 aromatic rings. The van der Waals surface area contributed by atoms with Crippen molar-refractivity contribution < 1.29 is 14.4 Å². The number of nitrogens with zero attached hydrogens (tertiary/aromatic N) is 1. The number of hydrogen-bond donors (Lipinski definition) is 2. The number of nitro benzene ring substituents is 1. The van der Waals surface area contributed by atoms with Crippen molar-refractivity contribution >= 4 is 23.0 Å². The number of nitro groups is 1. The Labute approximate surface area is 118 Å². The molecular weight excluding hydrogens is 287 g/mol. The van der Waals surface area contributed by atoms with E-state index in [0.29, 0.717) is 5.56 Å². The second-order valence-electron chi connectivity index (χ2n) is 4.02. The zero-order chi connectivity index (χ0) is 14.7. The highest BCUT2D eigenvalue weighted by Gasteiger charge is 2.17. The fourth-order valence-corrected chi connectivity index (χ4v) is 1.84. The summed E-state index contributed by atoms with van der Waals surface area (Å²) in [7, 11) is 0. The highest BCUT2D eigenvalue weighted by atomic mass is 35.5. The third-order valence-electron chi connectivity index (χ3n) is 2.70. The Bertz CT molecular complexity index is 664. The number of anilines is 1. The Morgan fingerprint density at radius 1 is 1.35 bits per heavy atom. The van der Waals surface area contributed by atoms with Crippen molar-refractivity contribution in [3.8, 4) is 5.75 Å². The van der Waals surface area contributed by atoms with E-state index < -0.39 is 16.4 Å². The molecule has 0 saturated carbocycles. The SMILES string of the molecule is O=[N+]([O-])c1cc(F)c(Cl)cc1NCc1ccccc1O. The van der Waals surface area contributed by atoms with Gasteiger partial charge in [0.2, 0.25) is 0 Å². The maximum atomic E-state index is 13.2. The lowest BCUT2D eigenvalue weighted by atomic mass is 10.2. The van der Waals surface area contributed by atoms with Gasteiger partial charge < -0.3 is 10.4 Å². The summed E-state index contributed by atoms with van der Waals surface area (Å²) >= 11 is 5.62. The van der Waals surface area contributed by atoms with Crippen molar-refractivity contribution in [2.75, 3.05) is 5.32 Å². The van der Waals surface area contributed by atoms with Crippen LogP contribution in [0.2, 0.25) is 5.02 Å². The summed E-state index contributed by atoms with van der Waals surface area (Å²) in [5, 5.41) is 23.0. The van der Waals surface area contributed by atoms with E-state index in [1.54, 1.807) is 18.2 Å². The predicted molar refractivity (Wildman–Crippen MR) is 73.5 cm³/mol. The number of phenolic OH excluding ortho intramolecular Hbond substituents is 1. The summed E-state index contributed by atoms with van der Waals surface area (Å²) in [5.41, 5.74) is 0.231. The maximum absolute atomic E-state index is 13.2. The monoisotopic (exact) mass is 296 g/mol. The molecule has 2 rings (SSSR count). The smallest absolute Gasteiger partial charge is 0.295 e. The summed E-state index contributed by atoms with van der Waals surface area (Å²) in [5.74, 6) is -0.790. The van der Waals surface area contributed by atoms with E-state index in [4.69, 9.17) is 11.6 Å². The zero-order valence-electron chi connectivity index (χ0n) is 10.1. The molecule has 0 radical (unpaired) electrons. The minimum atomic E-state index is -0.855. The lowest BCUT2D eigenvalue weighted by Crippen LogP contribution is -2.03. The van der Waals surface area contributed by atoms with E-state index in [-0.39, 0.29) is 23.0 Å². The van der Waals surface area contributed by atoms with Gasteiger partial charge in [-0.05, 0) is 12.1 Å². The van der Waals surface area contributed by atoms with E-state index >= 15 is 0 Å². The fourth-order valence-electron chi connectivity index (χ4n) is 1.68. The Balaban J connectivity index is 2.27. The van der Waals surface area contributed by atoms with Gasteiger partial charge in [-0.15, -0.1) is 0 Å². The average molecular weight is 297 g/mol. The number of rotatable bonds is 4. The fraction of sp³-hybridized carbons (Fsp3) is 0.0769. The summed E-state index contributed by atoms with van der Waals surface area (Å²) in [6.07, 6.45) is 0. The second-order valence-corrected chi connectivity index (χ2v) is 4.43. The molecule has 0 fully saturated rings. The molecule has 5 nitrogen and oxygen atoms in total. The molecular formula is C13H10ClFN2O3. The first-order valence-corrected chi connectivity index (χ1v) is 6.01. The number of para-hydroxylation sites is 1. The van der Waals surface area contributed by atoms with Gasteiger partial charge in [0.25, 0.3) is 5.69 Å². The molecule has 0 atom stereocenters. The maximum Gasteiger partial charge on any atom is 0.295 e. The van der Waals surface area contributed by atoms with Crippen LogP contribution < -0.4 is 5.32 Å². The van der Waals surface area contributed by atoms with Crippen LogP contribution >= 0.6 is 11.6 Å². The van der Waals surface area contributed by atoms with Gasteiger partial charge in [-0.25, -0.2) is 4.39 Å². The summed E-state index contributed by atoms with van der Waals surface area (Å²) in [6, 6.07) is 8.46. The van der Waals surface area contributed by atoms with Crippen LogP contribution in [0.3, 0.4) is 0 Å². The Kier molecular flexibility index (Phi) is 4.05. The third-order valence-corrected chi connectivity index (χ3v) is 2.99. The van der Waals surface area contributed by atoms with Crippen molar-refractivity contribution in [1.29, 1.82) is 0 Å². The molecule has 0 aromatic heterocycles. The highest BCUT2D eigenvalue weighted by Crippen LogP contribution is 2.31. The molecule has 20 heavy (non-hydrogen) atoms. The van der Waals surface area contributed by atoms with Crippen LogP contribution in [0.1, 0.15) is 5.56 Å². The number of phenols is 1. The standard InChI is InChI=1S/C13H10ClFN2O3/c14-9-5-11(12(17(19)20)6-10(9)15)16-7-8-3-1-2-4-13(8)18/h1-6,16,18H,7H2. The number of hydrogen-bond acceptors (Lipinski definition) is 4. The summed E-state index contributed by atoms with van der Waals surface area (Å²) in [4.78, 5) is 10.2. The number of aromatic hydroxyl groups is 1. The van der Waals surface area contributed by atoms with Gasteiger partial charge in [0, 0.05) is 12.1 Å². The number of nitrogens with one attached hydrogen (secondary N) is 1. The number of benzene rings is 2. The lowest BCUT2D eigenvalue weighted by Gasteiger charge is -2.09. The second kappa shape index (κ2) is 5.75. The van der Waals surface area contributed by atoms with Gasteiger partial charge in [-0.3, -0.25) is 10.1 Å². The molecule has 0 spiro atoms. The number of halogens is 2. The average Bonchev–Trinajstić information content (AvgIpc) is 2.41. The molecule has 0 saturated heterocycles. The summed E-state index contributed by atoms with van der Waals surface area (Å²) < 4.78 is 13.2. The third kappa shape index (κ3) is 2.97. The first kappa shape index (κ1) is 14.1. The minimum absolute atomic E-state index is 0.0656. The highest BCUT2D eigenvalue weighted by molar-refractivity contribution is 6.31. The first-order valence-electron chi connectivity index (χ1n) is 5.63. The molecule has 0 aliphatic rings. The van der Waals surface area contributed by atoms with Gasteiger partial charge in [0.15, 0.2) is 0 Å². The van der Waals surface area contributed by atoms with E-state index in [9.17, 15) is 19.6 Å². The van der Waals surface area contributed by atoms with Gasteiger partial charge in [-0.1, -0.05) is 29.8 Å². The van der Waals surface area contributed by atoms with Crippen molar-refractivity contribution in [2.24, 2.45) is 0 Å². The topological polar surface area (TPSA) is 75.4 Å². The van der Waals surface area contributed by atoms with Gasteiger partial charge >= 0.3 is 0 Å². The zero-order valence-corrected chi connectivity index (χ0v) is 10.9. The van der Waals surface area contributed by atoms with Crippen LogP contribution in [0.5, 0.6) is 5.75 Å². The van der Waals surface area contributed by atoms with Crippen LogP contribution in [0.25, 0.3) is 0 Å². The molecule has 0 unspecified atom stereocenters. The van der Waals surface area contributed by atoms with Crippen molar-refractivity contribution in [2.45, 2.75) is 6.54 Å².